The van der Waals surface area contributed by atoms with Crippen LogP contribution < -0.4 is 0 Å². The summed E-state index contributed by atoms with van der Waals surface area (Å²) >= 11 is 0. The molecular weight excluding hydrogens is 1010 g/mol. The van der Waals surface area contributed by atoms with Crippen LogP contribution in [0.4, 0.5) is 0 Å². The fraction of sp³-hybridized carbons (Fsp3) is 0.618. The normalized spacial score (nSPS) is 13.2. The molecule has 0 aliphatic heterocycles. The highest BCUT2D eigenvalue weighted by molar-refractivity contribution is 5.71. The highest BCUT2D eigenvalue weighted by Crippen LogP contribution is 2.15. The second kappa shape index (κ2) is 68.5. The zero-order valence-electron chi connectivity index (χ0n) is 52.9. The van der Waals surface area contributed by atoms with E-state index >= 15 is 0 Å². The average molecular weight is 1130 g/mol. The van der Waals surface area contributed by atoms with Gasteiger partial charge >= 0.3 is 17.9 Å². The van der Waals surface area contributed by atoms with Crippen LogP contribution in [-0.2, 0) is 28.6 Å². The van der Waals surface area contributed by atoms with Gasteiger partial charge in [0, 0.05) is 19.3 Å². The fourth-order valence-electron chi connectivity index (χ4n) is 8.84. The van der Waals surface area contributed by atoms with E-state index in [1.54, 1.807) is 0 Å². The Morgan fingerprint density at radius 3 is 0.744 bits per heavy atom. The van der Waals surface area contributed by atoms with Gasteiger partial charge in [0.1, 0.15) is 13.2 Å². The molecule has 0 heterocycles. The Bertz CT molecular complexity index is 1830. The first kappa shape index (κ1) is 77.0. The van der Waals surface area contributed by atoms with Gasteiger partial charge in [-0.15, -0.1) is 0 Å². The molecule has 0 spiro atoms. The van der Waals surface area contributed by atoms with E-state index in [1.807, 2.05) is 0 Å². The molecule has 0 saturated carbocycles. The van der Waals surface area contributed by atoms with Crippen molar-refractivity contribution in [1.82, 2.24) is 0 Å². The quantitative estimate of drug-likeness (QED) is 0.0261. The summed E-state index contributed by atoms with van der Waals surface area (Å²) in [6, 6.07) is 0. The van der Waals surface area contributed by atoms with Crippen molar-refractivity contribution in [2.24, 2.45) is 0 Å². The number of hydrogen-bond acceptors (Lipinski definition) is 6. The molecule has 82 heavy (non-hydrogen) atoms. The molecule has 0 fully saturated rings. The van der Waals surface area contributed by atoms with Gasteiger partial charge in [-0.25, -0.2) is 0 Å². The van der Waals surface area contributed by atoms with E-state index in [0.29, 0.717) is 19.3 Å². The van der Waals surface area contributed by atoms with Crippen molar-refractivity contribution in [3.63, 3.8) is 0 Å². The molecule has 0 aliphatic carbocycles. The smallest absolute Gasteiger partial charge is 0.306 e. The van der Waals surface area contributed by atoms with Crippen LogP contribution in [0.3, 0.4) is 0 Å². The van der Waals surface area contributed by atoms with Gasteiger partial charge in [-0.1, -0.05) is 294 Å². The van der Waals surface area contributed by atoms with E-state index in [0.717, 1.165) is 154 Å². The minimum absolute atomic E-state index is 0.0882. The third-order valence-corrected chi connectivity index (χ3v) is 13.8. The molecule has 0 saturated heterocycles. The Morgan fingerprint density at radius 2 is 0.476 bits per heavy atom. The van der Waals surface area contributed by atoms with Crippen molar-refractivity contribution in [3.05, 3.63) is 158 Å². The molecule has 0 bridgehead atoms. The molecule has 0 aromatic heterocycles. The topological polar surface area (TPSA) is 78.9 Å². The Labute approximate surface area is 505 Å². The van der Waals surface area contributed by atoms with Gasteiger partial charge in [-0.3, -0.25) is 14.4 Å². The zero-order chi connectivity index (χ0) is 59.2. The maximum absolute atomic E-state index is 12.9. The molecule has 0 radical (unpaired) electrons. The first-order valence-corrected chi connectivity index (χ1v) is 33.5. The first-order chi connectivity index (χ1) is 40.5. The van der Waals surface area contributed by atoms with Crippen LogP contribution in [0.25, 0.3) is 0 Å². The van der Waals surface area contributed by atoms with Crippen molar-refractivity contribution in [1.29, 1.82) is 0 Å². The van der Waals surface area contributed by atoms with Crippen LogP contribution in [0.15, 0.2) is 158 Å². The van der Waals surface area contributed by atoms with Crippen LogP contribution in [0.1, 0.15) is 284 Å². The van der Waals surface area contributed by atoms with Crippen molar-refractivity contribution in [2.75, 3.05) is 13.2 Å². The second-order valence-corrected chi connectivity index (χ2v) is 21.6. The summed E-state index contributed by atoms with van der Waals surface area (Å²) in [6.45, 7) is 6.37. The summed E-state index contributed by atoms with van der Waals surface area (Å²) in [6.07, 6.45) is 99.8. The molecule has 1 atom stereocenters. The third kappa shape index (κ3) is 65.8. The molecule has 1 unspecified atom stereocenters. The summed E-state index contributed by atoms with van der Waals surface area (Å²) in [5, 5.41) is 0. The highest BCUT2D eigenvalue weighted by Gasteiger charge is 2.19. The molecule has 0 aliphatic rings. The molecule has 0 aromatic carbocycles. The average Bonchev–Trinajstić information content (AvgIpc) is 3.47. The number of rotatable bonds is 59. The van der Waals surface area contributed by atoms with Crippen LogP contribution in [0, 0.1) is 0 Å². The van der Waals surface area contributed by atoms with E-state index < -0.39 is 6.10 Å². The molecule has 6 heteroatoms. The van der Waals surface area contributed by atoms with Crippen LogP contribution >= 0.6 is 0 Å². The lowest BCUT2D eigenvalue weighted by Gasteiger charge is -2.18. The van der Waals surface area contributed by atoms with Gasteiger partial charge in [-0.05, 0) is 128 Å². The predicted molar refractivity (Wildman–Crippen MR) is 357 cm³/mol. The zero-order valence-corrected chi connectivity index (χ0v) is 52.9. The number of unbranched alkanes of at least 4 members (excludes halogenated alkanes) is 22. The second-order valence-electron chi connectivity index (χ2n) is 21.6. The Kier molecular flexibility index (Phi) is 64.4. The molecule has 0 rings (SSSR count). The van der Waals surface area contributed by atoms with Crippen molar-refractivity contribution < 1.29 is 28.6 Å². The van der Waals surface area contributed by atoms with Crippen molar-refractivity contribution in [2.45, 2.75) is 290 Å². The lowest BCUT2D eigenvalue weighted by atomic mass is 10.1. The van der Waals surface area contributed by atoms with Gasteiger partial charge in [0.2, 0.25) is 0 Å². The van der Waals surface area contributed by atoms with Gasteiger partial charge in [0.15, 0.2) is 6.10 Å². The lowest BCUT2D eigenvalue weighted by Crippen LogP contribution is -2.30. The minimum Gasteiger partial charge on any atom is -0.462 e. The van der Waals surface area contributed by atoms with Gasteiger partial charge < -0.3 is 14.2 Å². The van der Waals surface area contributed by atoms with E-state index in [2.05, 4.69) is 179 Å². The minimum atomic E-state index is -0.792. The number of carbonyl (C=O) groups is 3. The van der Waals surface area contributed by atoms with Crippen molar-refractivity contribution in [3.8, 4) is 0 Å². The third-order valence-electron chi connectivity index (χ3n) is 13.8. The molecule has 0 N–H and O–H groups in total. The summed E-state index contributed by atoms with van der Waals surface area (Å²) in [5.74, 6) is -0.913. The summed E-state index contributed by atoms with van der Waals surface area (Å²) in [7, 11) is 0. The number of allylic oxidation sites excluding steroid dienone is 26. The fourth-order valence-corrected chi connectivity index (χ4v) is 8.84. The van der Waals surface area contributed by atoms with Crippen LogP contribution in [0.5, 0.6) is 0 Å². The SMILES string of the molecule is CC/C=C\C/C=C\C/C=C\C/C=C\C/C=C\C/C=C\C/C=C\C/C=C\C/C=C\CCCCCCCCCC(=O)OCC(COC(=O)CCCCCCCCCC)OC(=O)CCCCCCCCCC/C=C\C/C=C\C/C=C\C/C=C\CC. The maximum Gasteiger partial charge on any atom is 0.306 e. The molecule has 462 valence electrons. The molecule has 6 nitrogen and oxygen atoms in total. The Balaban J connectivity index is 4.21. The van der Waals surface area contributed by atoms with Crippen LogP contribution in [-0.4, -0.2) is 37.2 Å². The summed E-state index contributed by atoms with van der Waals surface area (Å²) in [4.78, 5) is 38.2. The van der Waals surface area contributed by atoms with E-state index in [4.69, 9.17) is 14.2 Å². The van der Waals surface area contributed by atoms with E-state index in [1.165, 1.54) is 89.9 Å². The van der Waals surface area contributed by atoms with Gasteiger partial charge in [-0.2, -0.15) is 0 Å². The maximum atomic E-state index is 12.9. The van der Waals surface area contributed by atoms with Crippen LogP contribution in [0.2, 0.25) is 0 Å². The predicted octanol–water partition coefficient (Wildman–Crippen LogP) is 23.3. The van der Waals surface area contributed by atoms with Gasteiger partial charge in [0.05, 0.1) is 0 Å². The number of carbonyl (C=O) groups excluding carboxylic acids is 3. The summed E-state index contributed by atoms with van der Waals surface area (Å²) < 4.78 is 16.9. The number of hydrogen-bond donors (Lipinski definition) is 0. The lowest BCUT2D eigenvalue weighted by molar-refractivity contribution is -0.167. The summed E-state index contributed by atoms with van der Waals surface area (Å²) in [5.41, 5.74) is 0. The molecular formula is C76H122O6. The molecule has 0 aromatic rings. The highest BCUT2D eigenvalue weighted by atomic mass is 16.6. The van der Waals surface area contributed by atoms with E-state index in [9.17, 15) is 14.4 Å². The van der Waals surface area contributed by atoms with Crippen molar-refractivity contribution >= 4 is 17.9 Å². The monoisotopic (exact) mass is 1130 g/mol. The molecule has 0 amide bonds. The Hall–Kier alpha value is -4.97. The first-order valence-electron chi connectivity index (χ1n) is 33.5. The van der Waals surface area contributed by atoms with E-state index in [-0.39, 0.29) is 31.1 Å². The largest absolute Gasteiger partial charge is 0.462 e. The standard InChI is InChI=1S/C76H122O6/c1-4-7-10-13-16-19-21-23-25-27-29-31-32-33-34-35-36-37-38-39-40-41-42-43-44-46-47-49-51-53-55-57-60-63-66-69-75(78)81-72-73(71-80-74(77)68-65-62-59-18-15-12-9-6-3)82-76(79)70-67-64-61-58-56-54-52-50-48-45-30-28-26-24-22-20-17-14-11-8-5-2/h7-8,10-11,16-17,19-20,23-26,29-31,33-34,36-37,39-40,42-43,45-47,73H,4-6,9,12-15,18,21-22,27-28,32,35,38,41,44,48-72H2,1-3H3/b10-7-,11-8-,19-16-,20-17-,25-23-,26-24-,31-29-,34-33-,37-36-,40-39-,43-42-,45-30-,47-46-. The number of ether oxygens (including phenoxy) is 3. The van der Waals surface area contributed by atoms with Gasteiger partial charge in [0.25, 0.3) is 0 Å². The number of esters is 3. The Morgan fingerprint density at radius 1 is 0.256 bits per heavy atom.